The van der Waals surface area contributed by atoms with Gasteiger partial charge in [-0.3, -0.25) is 9.59 Å². The first kappa shape index (κ1) is 15.7. The average Bonchev–Trinajstić information content (AvgIpc) is 2.83. The minimum absolute atomic E-state index is 0.00464. The molecule has 2 amide bonds. The van der Waals surface area contributed by atoms with Crippen molar-refractivity contribution in [2.75, 3.05) is 5.73 Å². The van der Waals surface area contributed by atoms with Gasteiger partial charge in [0.1, 0.15) is 5.58 Å². The van der Waals surface area contributed by atoms with E-state index in [9.17, 15) is 19.2 Å². The van der Waals surface area contributed by atoms with Gasteiger partial charge in [-0.25, -0.2) is 9.59 Å². The van der Waals surface area contributed by atoms with Gasteiger partial charge in [0.15, 0.2) is 0 Å². The second kappa shape index (κ2) is 5.80. The van der Waals surface area contributed by atoms with E-state index in [1.165, 1.54) is 6.07 Å². The average molecular weight is 330 g/mol. The lowest BCUT2D eigenvalue weighted by molar-refractivity contribution is -0.197. The van der Waals surface area contributed by atoms with Crippen LogP contribution in [0.4, 0.5) is 5.69 Å². The van der Waals surface area contributed by atoms with E-state index in [0.29, 0.717) is 27.3 Å². The Morgan fingerprint density at radius 3 is 2.58 bits per heavy atom. The molecule has 1 saturated heterocycles. The lowest BCUT2D eigenvalue weighted by Crippen LogP contribution is -2.33. The summed E-state index contributed by atoms with van der Waals surface area (Å²) in [6, 6.07) is 4.86. The Morgan fingerprint density at radius 2 is 1.92 bits per heavy atom. The zero-order valence-electron chi connectivity index (χ0n) is 12.8. The third-order valence-electron chi connectivity index (χ3n) is 3.83. The highest BCUT2D eigenvalue weighted by Gasteiger charge is 2.33. The lowest BCUT2D eigenvalue weighted by Gasteiger charge is -2.13. The number of hydroxylamine groups is 2. The predicted molar refractivity (Wildman–Crippen MR) is 82.5 cm³/mol. The zero-order valence-corrected chi connectivity index (χ0v) is 12.8. The van der Waals surface area contributed by atoms with Crippen LogP contribution in [0, 0.1) is 6.92 Å². The SMILES string of the molecule is Cc1c(CC(=O)ON2C(=O)CCC2=O)c(=O)oc2cc(N)ccc12. The maximum absolute atomic E-state index is 12.1. The molecule has 1 aliphatic heterocycles. The minimum atomic E-state index is -0.885. The summed E-state index contributed by atoms with van der Waals surface area (Å²) in [5.74, 6) is -2.04. The number of anilines is 1. The van der Waals surface area contributed by atoms with E-state index in [1.807, 2.05) is 0 Å². The summed E-state index contributed by atoms with van der Waals surface area (Å²) in [6.07, 6.45) is -0.402. The number of aryl methyl sites for hydroxylation is 1. The van der Waals surface area contributed by atoms with Crippen LogP contribution < -0.4 is 11.4 Å². The van der Waals surface area contributed by atoms with Crippen LogP contribution in [0.2, 0.25) is 0 Å². The highest BCUT2D eigenvalue weighted by Crippen LogP contribution is 2.22. The molecule has 2 heterocycles. The van der Waals surface area contributed by atoms with Crippen molar-refractivity contribution in [2.45, 2.75) is 26.2 Å². The van der Waals surface area contributed by atoms with E-state index in [0.717, 1.165) is 0 Å². The largest absolute Gasteiger partial charge is 0.422 e. The van der Waals surface area contributed by atoms with Crippen molar-refractivity contribution < 1.29 is 23.6 Å². The smallest absolute Gasteiger partial charge is 0.340 e. The molecule has 24 heavy (non-hydrogen) atoms. The Bertz CT molecular complexity index is 914. The Hall–Kier alpha value is -3.16. The van der Waals surface area contributed by atoms with Gasteiger partial charge in [-0.05, 0) is 24.6 Å². The molecule has 8 heteroatoms. The number of nitrogen functional groups attached to an aromatic ring is 1. The van der Waals surface area contributed by atoms with E-state index in [4.69, 9.17) is 15.0 Å². The third-order valence-corrected chi connectivity index (χ3v) is 3.83. The standard InChI is InChI=1S/C16H14N2O6/c1-8-10-3-2-9(17)6-12(10)23-16(22)11(8)7-15(21)24-18-13(19)4-5-14(18)20/h2-3,6H,4-5,7,17H2,1H3. The topological polar surface area (TPSA) is 120 Å². The molecule has 1 fully saturated rings. The number of carbonyl (C=O) groups is 3. The fourth-order valence-corrected chi connectivity index (χ4v) is 2.55. The summed E-state index contributed by atoms with van der Waals surface area (Å²) < 4.78 is 5.18. The summed E-state index contributed by atoms with van der Waals surface area (Å²) in [5, 5.41) is 1.08. The Morgan fingerprint density at radius 1 is 1.25 bits per heavy atom. The molecule has 0 radical (unpaired) electrons. The van der Waals surface area contributed by atoms with Gasteiger partial charge in [0.05, 0.1) is 12.0 Å². The summed E-state index contributed by atoms with van der Waals surface area (Å²) in [4.78, 5) is 51.8. The van der Waals surface area contributed by atoms with Gasteiger partial charge in [0.25, 0.3) is 11.8 Å². The number of amides is 2. The molecule has 1 aromatic carbocycles. The molecular formula is C16H14N2O6. The number of fused-ring (bicyclic) bond motifs is 1. The number of imide groups is 1. The molecular weight excluding hydrogens is 316 g/mol. The van der Waals surface area contributed by atoms with E-state index in [2.05, 4.69) is 0 Å². The van der Waals surface area contributed by atoms with Gasteiger partial charge in [0, 0.05) is 30.0 Å². The van der Waals surface area contributed by atoms with Crippen LogP contribution in [-0.2, 0) is 25.6 Å². The van der Waals surface area contributed by atoms with Gasteiger partial charge in [-0.1, -0.05) is 0 Å². The number of carbonyl (C=O) groups excluding carboxylic acids is 3. The number of benzene rings is 1. The van der Waals surface area contributed by atoms with Crippen LogP contribution in [0.15, 0.2) is 27.4 Å². The lowest BCUT2D eigenvalue weighted by atomic mass is 10.0. The van der Waals surface area contributed by atoms with E-state index in [-0.39, 0.29) is 18.4 Å². The van der Waals surface area contributed by atoms with Crippen molar-refractivity contribution in [3.8, 4) is 0 Å². The maximum Gasteiger partial charge on any atom is 0.340 e. The molecule has 0 atom stereocenters. The number of nitrogens with zero attached hydrogens (tertiary/aromatic N) is 1. The van der Waals surface area contributed by atoms with Crippen molar-refractivity contribution in [3.05, 3.63) is 39.7 Å². The minimum Gasteiger partial charge on any atom is -0.422 e. The van der Waals surface area contributed by atoms with Crippen LogP contribution in [0.1, 0.15) is 24.0 Å². The number of hydrogen-bond donors (Lipinski definition) is 1. The normalized spacial score (nSPS) is 14.5. The highest BCUT2D eigenvalue weighted by atomic mass is 16.7. The molecule has 0 spiro atoms. The van der Waals surface area contributed by atoms with Crippen LogP contribution in [0.25, 0.3) is 11.0 Å². The second-order valence-corrected chi connectivity index (χ2v) is 5.47. The first-order valence-corrected chi connectivity index (χ1v) is 7.25. The van der Waals surface area contributed by atoms with Crippen molar-refractivity contribution >= 4 is 34.4 Å². The van der Waals surface area contributed by atoms with E-state index >= 15 is 0 Å². The fourth-order valence-electron chi connectivity index (χ4n) is 2.55. The molecule has 0 saturated carbocycles. The van der Waals surface area contributed by atoms with Crippen molar-refractivity contribution in [1.82, 2.24) is 5.06 Å². The maximum atomic E-state index is 12.1. The van der Waals surface area contributed by atoms with Gasteiger partial charge in [-0.2, -0.15) is 0 Å². The summed E-state index contributed by atoms with van der Waals surface area (Å²) in [5.41, 5.74) is 6.39. The molecule has 0 unspecified atom stereocenters. The Labute approximate surface area is 135 Å². The molecule has 124 valence electrons. The monoisotopic (exact) mass is 330 g/mol. The van der Waals surface area contributed by atoms with Crippen LogP contribution in [0.3, 0.4) is 0 Å². The van der Waals surface area contributed by atoms with Crippen molar-refractivity contribution in [1.29, 1.82) is 0 Å². The summed E-state index contributed by atoms with van der Waals surface area (Å²) in [6.45, 7) is 1.67. The molecule has 3 rings (SSSR count). The predicted octanol–water partition coefficient (Wildman–Crippen LogP) is 0.833. The van der Waals surface area contributed by atoms with Gasteiger partial charge < -0.3 is 15.0 Å². The first-order chi connectivity index (χ1) is 11.4. The second-order valence-electron chi connectivity index (χ2n) is 5.47. The zero-order chi connectivity index (χ0) is 17.4. The quantitative estimate of drug-likeness (QED) is 0.503. The van der Waals surface area contributed by atoms with Crippen molar-refractivity contribution in [2.24, 2.45) is 0 Å². The van der Waals surface area contributed by atoms with Crippen LogP contribution in [0.5, 0.6) is 0 Å². The molecule has 0 aliphatic carbocycles. The fraction of sp³-hybridized carbons (Fsp3) is 0.250. The summed E-state index contributed by atoms with van der Waals surface area (Å²) in [7, 11) is 0. The van der Waals surface area contributed by atoms with Crippen molar-refractivity contribution in [3.63, 3.8) is 0 Å². The van der Waals surface area contributed by atoms with Gasteiger partial charge in [0.2, 0.25) is 0 Å². The molecule has 8 nitrogen and oxygen atoms in total. The molecule has 2 aromatic rings. The van der Waals surface area contributed by atoms with E-state index in [1.54, 1.807) is 19.1 Å². The first-order valence-electron chi connectivity index (χ1n) is 7.25. The van der Waals surface area contributed by atoms with E-state index < -0.39 is 29.8 Å². The molecule has 1 aliphatic rings. The van der Waals surface area contributed by atoms with Crippen LogP contribution in [-0.4, -0.2) is 22.8 Å². The summed E-state index contributed by atoms with van der Waals surface area (Å²) >= 11 is 0. The number of nitrogens with two attached hydrogens (primary N) is 1. The molecule has 1 aromatic heterocycles. The number of rotatable bonds is 3. The van der Waals surface area contributed by atoms with Gasteiger partial charge >= 0.3 is 11.6 Å². The Kier molecular flexibility index (Phi) is 3.80. The van der Waals surface area contributed by atoms with Crippen LogP contribution >= 0.6 is 0 Å². The Balaban J connectivity index is 1.88. The molecule has 0 bridgehead atoms. The third kappa shape index (κ3) is 2.73. The molecule has 2 N–H and O–H groups in total. The van der Waals surface area contributed by atoms with Gasteiger partial charge in [-0.15, -0.1) is 5.06 Å². The highest BCUT2D eigenvalue weighted by molar-refractivity contribution is 6.01. The number of hydrogen-bond acceptors (Lipinski definition) is 7.